The minimum atomic E-state index is -0.127. The van der Waals surface area contributed by atoms with E-state index in [2.05, 4.69) is 16.0 Å². The lowest BCUT2D eigenvalue weighted by Gasteiger charge is -2.18. The summed E-state index contributed by atoms with van der Waals surface area (Å²) in [5.41, 5.74) is 5.66. The second-order valence-corrected chi connectivity index (χ2v) is 10.6. The molecular formula is C33H26ClN3O3. The number of para-hydroxylation sites is 1. The van der Waals surface area contributed by atoms with Gasteiger partial charge in [-0.25, -0.2) is 0 Å². The van der Waals surface area contributed by atoms with Gasteiger partial charge in [0.25, 0.3) is 5.91 Å². The Kier molecular flexibility index (Phi) is 5.86. The van der Waals surface area contributed by atoms with Crippen molar-refractivity contribution in [3.63, 3.8) is 0 Å². The van der Waals surface area contributed by atoms with Crippen molar-refractivity contribution in [2.24, 2.45) is 0 Å². The number of carbonyl (C=O) groups is 2. The van der Waals surface area contributed by atoms with Gasteiger partial charge in [-0.1, -0.05) is 48.5 Å². The Labute approximate surface area is 235 Å². The van der Waals surface area contributed by atoms with Gasteiger partial charge in [-0.15, -0.1) is 11.6 Å². The molecular weight excluding hydrogens is 522 g/mol. The molecule has 1 atom stereocenters. The van der Waals surface area contributed by atoms with E-state index in [4.69, 9.17) is 16.3 Å². The molecule has 0 fully saturated rings. The van der Waals surface area contributed by atoms with Crippen LogP contribution in [0.1, 0.15) is 38.0 Å². The summed E-state index contributed by atoms with van der Waals surface area (Å²) in [4.78, 5) is 35.2. The van der Waals surface area contributed by atoms with Crippen molar-refractivity contribution in [1.82, 2.24) is 9.97 Å². The predicted octanol–water partition coefficient (Wildman–Crippen LogP) is 7.22. The van der Waals surface area contributed by atoms with E-state index in [1.807, 2.05) is 78.9 Å². The summed E-state index contributed by atoms with van der Waals surface area (Å²) in [6, 6.07) is 27.4. The fourth-order valence-electron chi connectivity index (χ4n) is 5.96. The Morgan fingerprint density at radius 3 is 2.40 bits per heavy atom. The summed E-state index contributed by atoms with van der Waals surface area (Å²) < 4.78 is 5.69. The number of halogens is 1. The number of carbonyl (C=O) groups excluding carboxylic acids is 2. The van der Waals surface area contributed by atoms with Crippen LogP contribution in [-0.4, -0.2) is 41.2 Å². The van der Waals surface area contributed by atoms with Crippen LogP contribution in [0.5, 0.6) is 5.75 Å². The second kappa shape index (κ2) is 9.57. The number of benzene rings is 4. The molecule has 0 aliphatic carbocycles. The fourth-order valence-corrected chi connectivity index (χ4v) is 6.21. The van der Waals surface area contributed by atoms with Crippen LogP contribution in [0.4, 0.5) is 5.69 Å². The monoisotopic (exact) mass is 547 g/mol. The number of hydrogen-bond acceptors (Lipinski definition) is 3. The van der Waals surface area contributed by atoms with Crippen LogP contribution in [0.15, 0.2) is 84.9 Å². The number of nitrogens with zero attached hydrogens (tertiary/aromatic N) is 1. The molecule has 0 spiro atoms. The summed E-state index contributed by atoms with van der Waals surface area (Å²) in [6.07, 6.45) is 0.265. The van der Waals surface area contributed by atoms with Gasteiger partial charge in [-0.05, 0) is 46.8 Å². The number of ether oxygens (including phenoxy) is 1. The Bertz CT molecular complexity index is 1920. The maximum absolute atomic E-state index is 13.9. The molecule has 40 heavy (non-hydrogen) atoms. The Morgan fingerprint density at radius 2 is 1.60 bits per heavy atom. The lowest BCUT2D eigenvalue weighted by Crippen LogP contribution is -2.30. The van der Waals surface area contributed by atoms with Crippen LogP contribution in [0, 0.1) is 0 Å². The number of alkyl halides is 1. The minimum absolute atomic E-state index is 0.0167. The number of methoxy groups -OCH3 is 1. The van der Waals surface area contributed by atoms with Gasteiger partial charge < -0.3 is 19.6 Å². The van der Waals surface area contributed by atoms with Crippen LogP contribution in [0.3, 0.4) is 0 Å². The molecule has 1 amide bonds. The molecule has 4 aromatic carbocycles. The molecule has 2 N–H and O–H groups in total. The number of aromatic nitrogens is 2. The molecule has 6 nitrogen and oxygen atoms in total. The van der Waals surface area contributed by atoms with Crippen molar-refractivity contribution >= 4 is 61.6 Å². The van der Waals surface area contributed by atoms with E-state index >= 15 is 0 Å². The number of nitrogens with one attached hydrogen (secondary N) is 2. The van der Waals surface area contributed by atoms with E-state index in [0.29, 0.717) is 23.8 Å². The lowest BCUT2D eigenvalue weighted by atomic mass is 9.95. The van der Waals surface area contributed by atoms with Gasteiger partial charge >= 0.3 is 0 Å². The van der Waals surface area contributed by atoms with Crippen molar-refractivity contribution in [2.75, 3.05) is 24.4 Å². The molecule has 3 heterocycles. The zero-order valence-electron chi connectivity index (χ0n) is 21.8. The van der Waals surface area contributed by atoms with E-state index in [1.54, 1.807) is 12.0 Å². The highest BCUT2D eigenvalue weighted by atomic mass is 35.5. The van der Waals surface area contributed by atoms with E-state index in [1.165, 1.54) is 0 Å². The third-order valence-electron chi connectivity index (χ3n) is 7.89. The molecule has 7 heteroatoms. The van der Waals surface area contributed by atoms with Crippen molar-refractivity contribution in [1.29, 1.82) is 0 Å². The zero-order chi connectivity index (χ0) is 27.4. The lowest BCUT2D eigenvalue weighted by molar-refractivity contribution is 0.0978. The minimum Gasteiger partial charge on any atom is -0.496 e. The summed E-state index contributed by atoms with van der Waals surface area (Å²) >= 11 is 6.41. The topological polar surface area (TPSA) is 78.2 Å². The summed E-state index contributed by atoms with van der Waals surface area (Å²) in [6.45, 7) is 0.494. The van der Waals surface area contributed by atoms with Crippen molar-refractivity contribution in [2.45, 2.75) is 12.3 Å². The Morgan fingerprint density at radius 1 is 0.875 bits per heavy atom. The molecule has 0 radical (unpaired) electrons. The highest BCUT2D eigenvalue weighted by Crippen LogP contribution is 2.46. The summed E-state index contributed by atoms with van der Waals surface area (Å²) in [5.74, 6) is 1.04. The third-order valence-corrected chi connectivity index (χ3v) is 8.26. The van der Waals surface area contributed by atoms with E-state index in [9.17, 15) is 9.59 Å². The molecule has 1 aliphatic rings. The molecule has 6 aromatic rings. The summed E-state index contributed by atoms with van der Waals surface area (Å²) in [7, 11) is 1.65. The Hall–Kier alpha value is -4.55. The molecule has 0 bridgehead atoms. The van der Waals surface area contributed by atoms with Gasteiger partial charge in [-0.2, -0.15) is 0 Å². The maximum atomic E-state index is 13.9. The first-order valence-corrected chi connectivity index (χ1v) is 13.8. The van der Waals surface area contributed by atoms with Crippen LogP contribution in [-0.2, 0) is 6.42 Å². The quantitative estimate of drug-likeness (QED) is 0.171. The number of Topliss-reactive ketones (excluding diaryl/α,β-unsaturated/α-hetero) is 1. The van der Waals surface area contributed by atoms with Crippen LogP contribution in [0.25, 0.3) is 32.6 Å². The molecule has 2 aromatic heterocycles. The molecule has 0 saturated heterocycles. The van der Waals surface area contributed by atoms with Gasteiger partial charge in [0.2, 0.25) is 0 Å². The normalized spacial score (nSPS) is 14.8. The first kappa shape index (κ1) is 24.5. The number of fused-ring (bicyclic) bond motifs is 5. The number of rotatable bonds is 6. The van der Waals surface area contributed by atoms with Gasteiger partial charge in [0, 0.05) is 58.0 Å². The molecule has 198 valence electrons. The van der Waals surface area contributed by atoms with Gasteiger partial charge in [-0.3, -0.25) is 9.59 Å². The van der Waals surface area contributed by atoms with Gasteiger partial charge in [0.1, 0.15) is 11.4 Å². The average molecular weight is 548 g/mol. The Balaban J connectivity index is 1.19. The van der Waals surface area contributed by atoms with Crippen LogP contribution in [0.2, 0.25) is 0 Å². The zero-order valence-corrected chi connectivity index (χ0v) is 22.6. The van der Waals surface area contributed by atoms with Crippen molar-refractivity contribution < 1.29 is 14.3 Å². The molecule has 0 unspecified atom stereocenters. The number of H-pyrrole nitrogens is 2. The van der Waals surface area contributed by atoms with Gasteiger partial charge in [0.15, 0.2) is 5.78 Å². The smallest absolute Gasteiger partial charge is 0.274 e. The first-order valence-electron chi connectivity index (χ1n) is 13.2. The average Bonchev–Trinajstić information content (AvgIpc) is 3.71. The SMILES string of the molecule is COc1cc2c(c3ccccc13)[C@H](CCl)CN2C(=O)c1cc2cc(CC(=O)c3cc4ccccc4[nH]3)ccc2[nH]1. The summed E-state index contributed by atoms with van der Waals surface area (Å²) in [5, 5.41) is 3.96. The van der Waals surface area contributed by atoms with Crippen molar-refractivity contribution in [3.05, 3.63) is 107 Å². The van der Waals surface area contributed by atoms with Crippen molar-refractivity contribution in [3.8, 4) is 5.75 Å². The number of ketones is 1. The molecule has 1 aliphatic heterocycles. The van der Waals surface area contributed by atoms with E-state index in [-0.39, 0.29) is 24.0 Å². The highest BCUT2D eigenvalue weighted by Gasteiger charge is 2.35. The number of hydrogen-bond donors (Lipinski definition) is 2. The molecule has 7 rings (SSSR count). The maximum Gasteiger partial charge on any atom is 0.274 e. The number of aromatic amines is 2. The highest BCUT2D eigenvalue weighted by molar-refractivity contribution is 6.19. The largest absolute Gasteiger partial charge is 0.496 e. The standard InChI is InChI=1S/C33H26ClN3O3/c1-40-31-16-29-32(24-8-4-3-7-23(24)31)22(17-34)18-37(29)33(39)28-15-21-12-19(10-11-26(21)36-28)13-30(38)27-14-20-6-2-5-9-25(20)35-27/h2-12,14-16,22,35-36H,13,17-18H2,1H3/t22-/m1/s1. The predicted molar refractivity (Wildman–Crippen MR) is 160 cm³/mol. The molecule has 0 saturated carbocycles. The second-order valence-electron chi connectivity index (χ2n) is 10.3. The number of anilines is 1. The third kappa shape index (κ3) is 3.95. The van der Waals surface area contributed by atoms with Crippen LogP contribution >= 0.6 is 11.6 Å². The van der Waals surface area contributed by atoms with Crippen LogP contribution < -0.4 is 9.64 Å². The number of amides is 1. The first-order chi connectivity index (χ1) is 19.5. The van der Waals surface area contributed by atoms with E-state index in [0.717, 1.165) is 55.1 Å². The van der Waals surface area contributed by atoms with E-state index < -0.39 is 0 Å². The van der Waals surface area contributed by atoms with Gasteiger partial charge in [0.05, 0.1) is 18.5 Å². The fraction of sp³-hybridized carbons (Fsp3) is 0.152.